The van der Waals surface area contributed by atoms with E-state index < -0.39 is 34.3 Å². The van der Waals surface area contributed by atoms with Crippen molar-refractivity contribution in [1.29, 1.82) is 0 Å². The minimum absolute atomic E-state index is 0.0430. The Balaban J connectivity index is 2.56. The second-order valence-corrected chi connectivity index (χ2v) is 3.86. The van der Waals surface area contributed by atoms with Gasteiger partial charge in [0.2, 0.25) is 11.5 Å². The van der Waals surface area contributed by atoms with Crippen molar-refractivity contribution in [2.24, 2.45) is 0 Å². The highest BCUT2D eigenvalue weighted by atomic mass is 16.3. The van der Waals surface area contributed by atoms with E-state index in [9.17, 15) is 25.2 Å². The molecule has 0 aliphatic rings. The summed E-state index contributed by atoms with van der Waals surface area (Å²) in [7, 11) is 0. The summed E-state index contributed by atoms with van der Waals surface area (Å²) in [5.74, 6) is -4.00. The van der Waals surface area contributed by atoms with Gasteiger partial charge >= 0.3 is 0 Å². The van der Waals surface area contributed by atoms with Crippen LogP contribution < -0.4 is 0 Å². The van der Waals surface area contributed by atoms with Crippen LogP contribution in [0.15, 0.2) is 30.3 Å². The monoisotopic (exact) mass is 262 g/mol. The second kappa shape index (κ2) is 4.41. The van der Waals surface area contributed by atoms with Gasteiger partial charge in [-0.05, 0) is 24.3 Å². The molecule has 0 saturated carbocycles. The van der Waals surface area contributed by atoms with Crippen LogP contribution in [0, 0.1) is 0 Å². The number of carbonyl (C=O) groups is 1. The molecule has 2 rings (SSSR count). The van der Waals surface area contributed by atoms with Crippen molar-refractivity contribution in [2.75, 3.05) is 0 Å². The summed E-state index contributed by atoms with van der Waals surface area (Å²) >= 11 is 0. The highest BCUT2D eigenvalue weighted by molar-refractivity contribution is 6.13. The van der Waals surface area contributed by atoms with Crippen molar-refractivity contribution in [3.8, 4) is 28.7 Å². The maximum absolute atomic E-state index is 12.1. The summed E-state index contributed by atoms with van der Waals surface area (Å²) < 4.78 is 0. The molecule has 6 nitrogen and oxygen atoms in total. The molecule has 2 aromatic carbocycles. The third kappa shape index (κ3) is 2.11. The van der Waals surface area contributed by atoms with Gasteiger partial charge in [0.15, 0.2) is 11.5 Å². The van der Waals surface area contributed by atoms with Gasteiger partial charge < -0.3 is 25.5 Å². The molecule has 0 atom stereocenters. The Labute approximate surface area is 107 Å². The first-order chi connectivity index (χ1) is 8.91. The molecular formula is C13H10O6. The Morgan fingerprint density at radius 3 is 1.95 bits per heavy atom. The van der Waals surface area contributed by atoms with Gasteiger partial charge in [0.1, 0.15) is 17.1 Å². The van der Waals surface area contributed by atoms with E-state index in [-0.39, 0.29) is 11.3 Å². The fourth-order valence-electron chi connectivity index (χ4n) is 1.61. The number of ketones is 1. The number of carbonyl (C=O) groups excluding carboxylic acids is 1. The van der Waals surface area contributed by atoms with Crippen LogP contribution in [-0.4, -0.2) is 31.3 Å². The van der Waals surface area contributed by atoms with Gasteiger partial charge in [0.25, 0.3) is 0 Å². The van der Waals surface area contributed by atoms with E-state index >= 15 is 0 Å². The van der Waals surface area contributed by atoms with E-state index in [4.69, 9.17) is 5.11 Å². The zero-order valence-corrected chi connectivity index (χ0v) is 9.53. The molecule has 0 spiro atoms. The molecule has 98 valence electrons. The van der Waals surface area contributed by atoms with E-state index in [1.54, 1.807) is 0 Å². The van der Waals surface area contributed by atoms with Gasteiger partial charge in [-0.15, -0.1) is 0 Å². The lowest BCUT2D eigenvalue weighted by Gasteiger charge is -2.09. The molecule has 6 heteroatoms. The summed E-state index contributed by atoms with van der Waals surface area (Å²) in [5, 5.41) is 46.8. The molecule has 5 N–H and O–H groups in total. The first-order valence-corrected chi connectivity index (χ1v) is 5.22. The lowest BCUT2D eigenvalue weighted by molar-refractivity contribution is 0.103. The number of hydrogen-bond acceptors (Lipinski definition) is 6. The average Bonchev–Trinajstić information content (AvgIpc) is 2.37. The van der Waals surface area contributed by atoms with Crippen molar-refractivity contribution >= 4 is 5.78 Å². The highest BCUT2D eigenvalue weighted by Crippen LogP contribution is 2.43. The Kier molecular flexibility index (Phi) is 2.92. The number of rotatable bonds is 2. The van der Waals surface area contributed by atoms with Gasteiger partial charge in [0.05, 0.1) is 0 Å². The predicted molar refractivity (Wildman–Crippen MR) is 64.6 cm³/mol. The van der Waals surface area contributed by atoms with Crippen LogP contribution in [-0.2, 0) is 0 Å². The van der Waals surface area contributed by atoms with Gasteiger partial charge in [-0.3, -0.25) is 4.79 Å². The Bertz CT molecular complexity index is 645. The molecule has 2 aromatic rings. The summed E-state index contributed by atoms with van der Waals surface area (Å²) in [5.41, 5.74) is -0.436. The molecule has 0 heterocycles. The van der Waals surface area contributed by atoms with E-state index in [1.807, 2.05) is 0 Å². The number of phenolic OH excluding ortho intramolecular Hbond substituents is 5. The Hall–Kier alpha value is -2.89. The van der Waals surface area contributed by atoms with Crippen LogP contribution in [0.4, 0.5) is 0 Å². The Morgan fingerprint density at radius 1 is 0.789 bits per heavy atom. The van der Waals surface area contributed by atoms with E-state index in [0.29, 0.717) is 0 Å². The molecule has 0 radical (unpaired) electrons. The van der Waals surface area contributed by atoms with Crippen molar-refractivity contribution in [3.63, 3.8) is 0 Å². The van der Waals surface area contributed by atoms with Crippen molar-refractivity contribution in [1.82, 2.24) is 0 Å². The fraction of sp³-hybridized carbons (Fsp3) is 0. The number of phenols is 5. The van der Waals surface area contributed by atoms with Gasteiger partial charge in [-0.2, -0.15) is 0 Å². The van der Waals surface area contributed by atoms with Crippen LogP contribution in [0.1, 0.15) is 15.9 Å². The molecule has 19 heavy (non-hydrogen) atoms. The van der Waals surface area contributed by atoms with Gasteiger partial charge in [-0.25, -0.2) is 0 Å². The molecule has 0 saturated heterocycles. The van der Waals surface area contributed by atoms with Crippen molar-refractivity contribution < 1.29 is 30.3 Å². The maximum atomic E-state index is 12.1. The summed E-state index contributed by atoms with van der Waals surface area (Å²) in [6.07, 6.45) is 0. The normalized spacial score (nSPS) is 10.3. The first-order valence-electron chi connectivity index (χ1n) is 5.22. The third-order valence-electron chi connectivity index (χ3n) is 2.59. The van der Waals surface area contributed by atoms with Crippen LogP contribution >= 0.6 is 0 Å². The van der Waals surface area contributed by atoms with Crippen LogP contribution in [0.3, 0.4) is 0 Å². The van der Waals surface area contributed by atoms with E-state index in [2.05, 4.69) is 0 Å². The maximum Gasteiger partial charge on any atom is 0.201 e. The molecular weight excluding hydrogens is 252 g/mol. The average molecular weight is 262 g/mol. The van der Waals surface area contributed by atoms with Crippen LogP contribution in [0.25, 0.3) is 0 Å². The topological polar surface area (TPSA) is 118 Å². The summed E-state index contributed by atoms with van der Waals surface area (Å²) in [6, 6.07) is 5.87. The predicted octanol–water partition coefficient (Wildman–Crippen LogP) is 1.45. The minimum Gasteiger partial charge on any atom is -0.508 e. The van der Waals surface area contributed by atoms with Crippen LogP contribution in [0.2, 0.25) is 0 Å². The minimum atomic E-state index is -0.907. The number of hydrogen-bond donors (Lipinski definition) is 5. The van der Waals surface area contributed by atoms with Crippen molar-refractivity contribution in [2.45, 2.75) is 0 Å². The highest BCUT2D eigenvalue weighted by Gasteiger charge is 2.23. The summed E-state index contributed by atoms with van der Waals surface area (Å²) in [4.78, 5) is 12.1. The molecule has 0 aliphatic carbocycles. The van der Waals surface area contributed by atoms with Gasteiger partial charge in [0, 0.05) is 11.6 Å². The van der Waals surface area contributed by atoms with Crippen LogP contribution in [0.5, 0.6) is 28.7 Å². The number of aromatic hydroxyl groups is 5. The SMILES string of the molecule is O=C(c1ccc(O)cc1)c1c(O)cc(O)c(O)c1O. The molecule has 0 aliphatic heterocycles. The quantitative estimate of drug-likeness (QED) is 0.317. The molecule has 0 aromatic heterocycles. The summed E-state index contributed by atoms with van der Waals surface area (Å²) in [6.45, 7) is 0. The largest absolute Gasteiger partial charge is 0.508 e. The standard InChI is InChI=1S/C13H10O6/c14-7-3-1-6(2-4-7)11(17)10-8(15)5-9(16)12(18)13(10)19/h1-5,14-16,18-19H. The Morgan fingerprint density at radius 2 is 1.37 bits per heavy atom. The van der Waals surface area contributed by atoms with E-state index in [1.165, 1.54) is 24.3 Å². The van der Waals surface area contributed by atoms with Gasteiger partial charge in [-0.1, -0.05) is 0 Å². The first kappa shape index (κ1) is 12.6. The zero-order chi connectivity index (χ0) is 14.2. The lowest BCUT2D eigenvalue weighted by Crippen LogP contribution is -2.02. The molecule has 0 unspecified atom stereocenters. The van der Waals surface area contributed by atoms with Crippen molar-refractivity contribution in [3.05, 3.63) is 41.5 Å². The number of benzene rings is 2. The molecule has 0 bridgehead atoms. The third-order valence-corrected chi connectivity index (χ3v) is 2.59. The second-order valence-electron chi connectivity index (χ2n) is 3.86. The smallest absolute Gasteiger partial charge is 0.201 e. The lowest BCUT2D eigenvalue weighted by atomic mass is 10.0. The molecule has 0 fully saturated rings. The zero-order valence-electron chi connectivity index (χ0n) is 9.53. The fourth-order valence-corrected chi connectivity index (χ4v) is 1.61. The van der Waals surface area contributed by atoms with E-state index in [0.717, 1.165) is 6.07 Å². The molecule has 0 amide bonds.